The zero-order valence-electron chi connectivity index (χ0n) is 24.9. The molecule has 6 heteroatoms. The summed E-state index contributed by atoms with van der Waals surface area (Å²) in [5.41, 5.74) is 9.71. The number of fused-ring (bicyclic) bond motifs is 3. The van der Waals surface area contributed by atoms with Crippen molar-refractivity contribution in [2.45, 2.75) is 13.8 Å². The second-order valence-corrected chi connectivity index (χ2v) is 12.2. The van der Waals surface area contributed by atoms with Crippen molar-refractivity contribution in [1.82, 2.24) is 15.0 Å². The topological polar surface area (TPSA) is 62.7 Å². The van der Waals surface area contributed by atoms with Crippen LogP contribution in [0.15, 0.2) is 150 Å². The minimum absolute atomic E-state index is 0.507. The number of hydrogen-bond donors (Lipinski definition) is 2. The molecule has 0 saturated carbocycles. The van der Waals surface area contributed by atoms with Crippen LogP contribution in [-0.4, -0.2) is 15.0 Å². The van der Waals surface area contributed by atoms with Gasteiger partial charge in [-0.1, -0.05) is 115 Å². The van der Waals surface area contributed by atoms with Crippen molar-refractivity contribution in [3.05, 3.63) is 150 Å². The average molecular weight is 600 g/mol. The number of nitrogens with zero attached hydrogens (tertiary/aromatic N) is 3. The number of allylic oxidation sites excluding steroid dienone is 2. The SMILES string of the molecule is CC1=C(Nc2nc(-c3ccccc3)nc(-c3ccc(-c4ccccc4)cc3)n2)C(Nc2cccc3c2sc2ccccc23)=C1C. The summed E-state index contributed by atoms with van der Waals surface area (Å²) >= 11 is 1.82. The highest BCUT2D eigenvalue weighted by Gasteiger charge is 2.26. The minimum atomic E-state index is 0.507. The fourth-order valence-electron chi connectivity index (χ4n) is 5.81. The Bertz CT molecular complexity index is 2270. The molecular formula is C39H29N5S. The summed E-state index contributed by atoms with van der Waals surface area (Å²) in [4.78, 5) is 14.7. The van der Waals surface area contributed by atoms with Crippen LogP contribution in [0.3, 0.4) is 0 Å². The monoisotopic (exact) mass is 599 g/mol. The van der Waals surface area contributed by atoms with Crippen LogP contribution in [0.2, 0.25) is 0 Å². The van der Waals surface area contributed by atoms with Crippen molar-refractivity contribution in [2.75, 3.05) is 10.6 Å². The van der Waals surface area contributed by atoms with Crippen molar-refractivity contribution in [3.63, 3.8) is 0 Å². The fourth-order valence-corrected chi connectivity index (χ4v) is 6.98. The molecule has 216 valence electrons. The predicted molar refractivity (Wildman–Crippen MR) is 188 cm³/mol. The minimum Gasteiger partial charge on any atom is -0.352 e. The van der Waals surface area contributed by atoms with Gasteiger partial charge in [0.2, 0.25) is 5.95 Å². The van der Waals surface area contributed by atoms with E-state index in [1.807, 2.05) is 47.7 Å². The van der Waals surface area contributed by atoms with Crippen molar-refractivity contribution in [1.29, 1.82) is 0 Å². The highest BCUT2D eigenvalue weighted by atomic mass is 32.1. The maximum atomic E-state index is 4.92. The van der Waals surface area contributed by atoms with Gasteiger partial charge in [-0.15, -0.1) is 11.3 Å². The van der Waals surface area contributed by atoms with E-state index < -0.39 is 0 Å². The Morgan fingerprint density at radius 2 is 1.00 bits per heavy atom. The van der Waals surface area contributed by atoms with Gasteiger partial charge in [-0.25, -0.2) is 4.98 Å². The fraction of sp³-hybridized carbons (Fsp3) is 0.0513. The van der Waals surface area contributed by atoms with Gasteiger partial charge in [-0.2, -0.15) is 9.97 Å². The lowest BCUT2D eigenvalue weighted by molar-refractivity contribution is 1.03. The first kappa shape index (κ1) is 27.0. The molecule has 0 fully saturated rings. The number of thiophene rings is 1. The van der Waals surface area contributed by atoms with E-state index in [1.165, 1.54) is 36.9 Å². The van der Waals surface area contributed by atoms with Crippen molar-refractivity contribution >= 4 is 43.1 Å². The molecule has 45 heavy (non-hydrogen) atoms. The highest BCUT2D eigenvalue weighted by molar-refractivity contribution is 7.26. The summed E-state index contributed by atoms with van der Waals surface area (Å²) in [5, 5.41) is 9.86. The lowest BCUT2D eigenvalue weighted by Gasteiger charge is -2.29. The summed E-state index contributed by atoms with van der Waals surface area (Å²) in [5.74, 6) is 1.75. The van der Waals surface area contributed by atoms with Gasteiger partial charge in [0, 0.05) is 26.6 Å². The lowest BCUT2D eigenvalue weighted by Crippen LogP contribution is -2.22. The molecule has 0 radical (unpaired) electrons. The smallest absolute Gasteiger partial charge is 0.231 e. The molecule has 0 bridgehead atoms. The summed E-state index contributed by atoms with van der Waals surface area (Å²) in [6.45, 7) is 4.28. The van der Waals surface area contributed by atoms with E-state index in [4.69, 9.17) is 15.0 Å². The maximum absolute atomic E-state index is 4.92. The standard InChI is InChI=1S/C39H29N5S/c1-24-25(2)35(34(24)40-32-18-11-17-31-30-16-9-10-19-33(30)45-36(31)32)41-39-43-37(28-14-7-4-8-15-28)42-38(44-39)29-22-20-27(21-23-29)26-12-5-3-6-13-26/h3-23,40H,1-2H3,(H,41,42,43,44). The Labute approximate surface area is 265 Å². The van der Waals surface area contributed by atoms with Crippen LogP contribution in [0.5, 0.6) is 0 Å². The first-order valence-corrected chi connectivity index (χ1v) is 15.8. The van der Waals surface area contributed by atoms with E-state index in [-0.39, 0.29) is 0 Å². The van der Waals surface area contributed by atoms with E-state index in [0.29, 0.717) is 17.6 Å². The summed E-state index contributed by atoms with van der Waals surface area (Å²) in [6, 6.07) is 43.9. The van der Waals surface area contributed by atoms with Gasteiger partial charge in [0.05, 0.1) is 21.8 Å². The van der Waals surface area contributed by atoms with Gasteiger partial charge in [0.15, 0.2) is 11.6 Å². The second kappa shape index (κ2) is 11.2. The summed E-state index contributed by atoms with van der Waals surface area (Å²) < 4.78 is 2.53. The average Bonchev–Trinajstić information content (AvgIpc) is 3.50. The van der Waals surface area contributed by atoms with E-state index >= 15 is 0 Å². The van der Waals surface area contributed by atoms with Gasteiger partial charge in [-0.05, 0) is 48.3 Å². The van der Waals surface area contributed by atoms with E-state index in [1.54, 1.807) is 0 Å². The van der Waals surface area contributed by atoms with Crippen molar-refractivity contribution in [2.24, 2.45) is 0 Å². The van der Waals surface area contributed by atoms with Gasteiger partial charge in [0.1, 0.15) is 0 Å². The summed E-state index contributed by atoms with van der Waals surface area (Å²) in [6.07, 6.45) is 0. The molecule has 0 amide bonds. The van der Waals surface area contributed by atoms with Gasteiger partial charge >= 0.3 is 0 Å². The molecule has 2 aromatic heterocycles. The first-order chi connectivity index (χ1) is 22.1. The number of rotatable bonds is 7. The molecule has 0 saturated heterocycles. The second-order valence-electron chi connectivity index (χ2n) is 11.1. The number of hydrogen-bond acceptors (Lipinski definition) is 6. The Balaban J connectivity index is 1.14. The normalized spacial score (nSPS) is 12.9. The number of aromatic nitrogens is 3. The predicted octanol–water partition coefficient (Wildman–Crippen LogP) is 10.3. The van der Waals surface area contributed by atoms with Crippen molar-refractivity contribution < 1.29 is 0 Å². The van der Waals surface area contributed by atoms with Gasteiger partial charge in [0.25, 0.3) is 0 Å². The Morgan fingerprint density at radius 3 is 1.71 bits per heavy atom. The first-order valence-electron chi connectivity index (χ1n) is 15.0. The largest absolute Gasteiger partial charge is 0.352 e. The van der Waals surface area contributed by atoms with E-state index in [0.717, 1.165) is 33.8 Å². The van der Waals surface area contributed by atoms with Crippen LogP contribution in [-0.2, 0) is 0 Å². The molecule has 5 nitrogen and oxygen atoms in total. The highest BCUT2D eigenvalue weighted by Crippen LogP contribution is 2.41. The van der Waals surface area contributed by atoms with Crippen LogP contribution >= 0.6 is 11.3 Å². The van der Waals surface area contributed by atoms with Crippen LogP contribution in [0.4, 0.5) is 11.6 Å². The summed E-state index contributed by atoms with van der Waals surface area (Å²) in [7, 11) is 0. The molecule has 0 aliphatic heterocycles. The molecule has 1 aliphatic rings. The van der Waals surface area contributed by atoms with E-state index in [2.05, 4.69) is 115 Å². The molecule has 1 aliphatic carbocycles. The molecule has 7 aromatic rings. The Morgan fingerprint density at radius 1 is 0.467 bits per heavy atom. The molecule has 5 aromatic carbocycles. The molecule has 0 unspecified atom stereocenters. The van der Waals surface area contributed by atoms with Gasteiger partial charge in [-0.3, -0.25) is 0 Å². The number of nitrogens with one attached hydrogen (secondary N) is 2. The van der Waals surface area contributed by atoms with Crippen LogP contribution in [0.25, 0.3) is 54.1 Å². The van der Waals surface area contributed by atoms with Crippen LogP contribution < -0.4 is 10.6 Å². The number of anilines is 2. The quantitative estimate of drug-likeness (QED) is 0.191. The molecule has 8 rings (SSSR count). The molecule has 0 atom stereocenters. The Kier molecular flexibility index (Phi) is 6.69. The van der Waals surface area contributed by atoms with Crippen LogP contribution in [0, 0.1) is 0 Å². The molecule has 2 heterocycles. The molecule has 2 N–H and O–H groups in total. The third kappa shape index (κ3) is 4.95. The van der Waals surface area contributed by atoms with E-state index in [9.17, 15) is 0 Å². The zero-order chi connectivity index (χ0) is 30.3. The lowest BCUT2D eigenvalue weighted by atomic mass is 9.91. The zero-order valence-corrected chi connectivity index (χ0v) is 25.7. The number of benzene rings is 5. The van der Waals surface area contributed by atoms with Crippen molar-refractivity contribution in [3.8, 4) is 33.9 Å². The van der Waals surface area contributed by atoms with Gasteiger partial charge < -0.3 is 10.6 Å². The third-order valence-corrected chi connectivity index (χ3v) is 9.60. The van der Waals surface area contributed by atoms with Crippen LogP contribution in [0.1, 0.15) is 13.8 Å². The molecular weight excluding hydrogens is 571 g/mol. The maximum Gasteiger partial charge on any atom is 0.231 e. The Hall–Kier alpha value is -5.59. The third-order valence-electron chi connectivity index (χ3n) is 8.38. The molecule has 0 spiro atoms.